The van der Waals surface area contributed by atoms with E-state index in [4.69, 9.17) is 5.73 Å². The lowest BCUT2D eigenvalue weighted by Crippen LogP contribution is -2.02. The largest absolute Gasteiger partial charge is 0.398 e. The van der Waals surface area contributed by atoms with Crippen LogP contribution >= 0.6 is 0 Å². The standard InChI is InChI=1S/C10H13NOS/c11-9-3-1-2-4-10(9)13(12)7-8-5-6-8/h1-4,8H,5-7,11H2. The molecule has 0 radical (unpaired) electrons. The third-order valence-corrected chi connectivity index (χ3v) is 3.88. The Balaban J connectivity index is 2.13. The molecule has 1 saturated carbocycles. The summed E-state index contributed by atoms with van der Waals surface area (Å²) in [5.41, 5.74) is 6.38. The Morgan fingerprint density at radius 2 is 2.08 bits per heavy atom. The Bertz CT molecular complexity index is 333. The first-order valence-electron chi connectivity index (χ1n) is 4.50. The second kappa shape index (κ2) is 3.50. The molecule has 1 atom stereocenters. The SMILES string of the molecule is Nc1ccccc1S(=O)CC1CC1. The van der Waals surface area contributed by atoms with Gasteiger partial charge in [0.15, 0.2) is 0 Å². The summed E-state index contributed by atoms with van der Waals surface area (Å²) in [6.45, 7) is 0. The highest BCUT2D eigenvalue weighted by atomic mass is 32.2. The molecular formula is C10H13NOS. The van der Waals surface area contributed by atoms with E-state index in [0.717, 1.165) is 10.6 Å². The molecule has 0 aromatic heterocycles. The Morgan fingerprint density at radius 3 is 2.69 bits per heavy atom. The van der Waals surface area contributed by atoms with Crippen LogP contribution < -0.4 is 5.73 Å². The molecule has 13 heavy (non-hydrogen) atoms. The van der Waals surface area contributed by atoms with Crippen LogP contribution in [-0.2, 0) is 10.8 Å². The van der Waals surface area contributed by atoms with Gasteiger partial charge in [0.25, 0.3) is 0 Å². The molecular weight excluding hydrogens is 182 g/mol. The molecule has 2 nitrogen and oxygen atoms in total. The van der Waals surface area contributed by atoms with Gasteiger partial charge in [-0.1, -0.05) is 12.1 Å². The number of nitrogen functional groups attached to an aromatic ring is 1. The van der Waals surface area contributed by atoms with Crippen molar-refractivity contribution < 1.29 is 4.21 Å². The highest BCUT2D eigenvalue weighted by Crippen LogP contribution is 2.31. The van der Waals surface area contributed by atoms with Crippen molar-refractivity contribution in [2.24, 2.45) is 5.92 Å². The Kier molecular flexibility index (Phi) is 2.36. The average Bonchev–Trinajstić information content (AvgIpc) is 2.89. The van der Waals surface area contributed by atoms with Crippen LogP contribution in [0.25, 0.3) is 0 Å². The van der Waals surface area contributed by atoms with Crippen molar-refractivity contribution in [2.45, 2.75) is 17.7 Å². The Hall–Kier alpha value is -0.830. The fraction of sp³-hybridized carbons (Fsp3) is 0.400. The maximum absolute atomic E-state index is 11.7. The molecule has 0 amide bonds. The number of hydrogen-bond acceptors (Lipinski definition) is 2. The number of para-hydroxylation sites is 1. The third kappa shape index (κ3) is 2.10. The van der Waals surface area contributed by atoms with E-state index in [1.807, 2.05) is 18.2 Å². The molecule has 0 heterocycles. The lowest BCUT2D eigenvalue weighted by molar-refractivity contribution is 0.680. The van der Waals surface area contributed by atoms with Crippen LogP contribution in [0.3, 0.4) is 0 Å². The average molecular weight is 195 g/mol. The van der Waals surface area contributed by atoms with Gasteiger partial charge in [-0.2, -0.15) is 0 Å². The fourth-order valence-electron chi connectivity index (χ4n) is 1.28. The molecule has 0 saturated heterocycles. The summed E-state index contributed by atoms with van der Waals surface area (Å²) in [5.74, 6) is 1.47. The zero-order chi connectivity index (χ0) is 9.26. The molecule has 70 valence electrons. The van der Waals surface area contributed by atoms with Crippen molar-refractivity contribution in [1.29, 1.82) is 0 Å². The highest BCUT2D eigenvalue weighted by Gasteiger charge is 2.24. The molecule has 1 aliphatic carbocycles. The molecule has 0 aliphatic heterocycles. The minimum atomic E-state index is -0.888. The third-order valence-electron chi connectivity index (χ3n) is 2.25. The van der Waals surface area contributed by atoms with Crippen LogP contribution in [-0.4, -0.2) is 9.96 Å². The number of rotatable bonds is 3. The Morgan fingerprint density at radius 1 is 1.38 bits per heavy atom. The van der Waals surface area contributed by atoms with E-state index >= 15 is 0 Å². The predicted molar refractivity (Wildman–Crippen MR) is 54.9 cm³/mol. The van der Waals surface area contributed by atoms with Crippen molar-refractivity contribution in [3.05, 3.63) is 24.3 Å². The van der Waals surface area contributed by atoms with Gasteiger partial charge in [-0.25, -0.2) is 0 Å². The van der Waals surface area contributed by atoms with Crippen molar-refractivity contribution in [1.82, 2.24) is 0 Å². The monoisotopic (exact) mass is 195 g/mol. The predicted octanol–water partition coefficient (Wildman–Crippen LogP) is 1.79. The number of anilines is 1. The number of nitrogens with two attached hydrogens (primary N) is 1. The Labute approximate surface area is 80.6 Å². The van der Waals surface area contributed by atoms with Crippen molar-refractivity contribution >= 4 is 16.5 Å². The molecule has 1 aromatic carbocycles. The maximum atomic E-state index is 11.7. The van der Waals surface area contributed by atoms with Crippen LogP contribution in [0.4, 0.5) is 5.69 Å². The van der Waals surface area contributed by atoms with Crippen molar-refractivity contribution in [2.75, 3.05) is 11.5 Å². The van der Waals surface area contributed by atoms with Crippen LogP contribution in [0, 0.1) is 5.92 Å². The second-order valence-corrected chi connectivity index (χ2v) is 4.96. The lowest BCUT2D eigenvalue weighted by atomic mass is 10.3. The van der Waals surface area contributed by atoms with E-state index in [2.05, 4.69) is 0 Å². The minimum absolute atomic E-state index is 0.654. The smallest absolute Gasteiger partial charge is 0.0617 e. The molecule has 1 unspecified atom stereocenters. The summed E-state index contributed by atoms with van der Waals surface area (Å²) in [6, 6.07) is 7.41. The van der Waals surface area contributed by atoms with Gasteiger partial charge in [-0.05, 0) is 30.9 Å². The van der Waals surface area contributed by atoms with Crippen LogP contribution in [0.2, 0.25) is 0 Å². The van der Waals surface area contributed by atoms with E-state index in [1.54, 1.807) is 6.07 Å². The summed E-state index contributed by atoms with van der Waals surface area (Å²) >= 11 is 0. The molecule has 1 aliphatic rings. The van der Waals surface area contributed by atoms with Gasteiger partial charge in [0.05, 0.1) is 15.7 Å². The molecule has 2 rings (SSSR count). The summed E-state index contributed by atoms with van der Waals surface area (Å²) in [6.07, 6.45) is 2.47. The van der Waals surface area contributed by atoms with Crippen molar-refractivity contribution in [3.63, 3.8) is 0 Å². The number of hydrogen-bond donors (Lipinski definition) is 1. The molecule has 0 bridgehead atoms. The van der Waals surface area contributed by atoms with Crippen LogP contribution in [0.15, 0.2) is 29.2 Å². The summed E-state index contributed by atoms with van der Waals surface area (Å²) in [5, 5.41) is 0. The van der Waals surface area contributed by atoms with Crippen LogP contribution in [0.5, 0.6) is 0 Å². The van der Waals surface area contributed by atoms with Gasteiger partial charge < -0.3 is 5.73 Å². The van der Waals surface area contributed by atoms with Gasteiger partial charge >= 0.3 is 0 Å². The van der Waals surface area contributed by atoms with E-state index in [-0.39, 0.29) is 0 Å². The molecule has 0 spiro atoms. The molecule has 3 heteroatoms. The molecule has 2 N–H and O–H groups in total. The highest BCUT2D eigenvalue weighted by molar-refractivity contribution is 7.85. The quantitative estimate of drug-likeness (QED) is 0.747. The van der Waals surface area contributed by atoms with Gasteiger partial charge in [-0.15, -0.1) is 0 Å². The zero-order valence-electron chi connectivity index (χ0n) is 7.40. The first-order valence-corrected chi connectivity index (χ1v) is 5.82. The van der Waals surface area contributed by atoms with Gasteiger partial charge in [0, 0.05) is 11.4 Å². The van der Waals surface area contributed by atoms with E-state index in [1.165, 1.54) is 12.8 Å². The second-order valence-electron chi connectivity index (χ2n) is 3.49. The van der Waals surface area contributed by atoms with Gasteiger partial charge in [0.1, 0.15) is 0 Å². The summed E-state index contributed by atoms with van der Waals surface area (Å²) in [7, 11) is -0.888. The maximum Gasteiger partial charge on any atom is 0.0617 e. The first-order chi connectivity index (χ1) is 6.27. The first kappa shape index (κ1) is 8.75. The van der Waals surface area contributed by atoms with E-state index in [0.29, 0.717) is 11.6 Å². The van der Waals surface area contributed by atoms with E-state index in [9.17, 15) is 4.21 Å². The molecule has 1 fully saturated rings. The summed E-state index contributed by atoms with van der Waals surface area (Å²) in [4.78, 5) is 0.800. The normalized spacial score (nSPS) is 18.5. The van der Waals surface area contributed by atoms with E-state index < -0.39 is 10.8 Å². The lowest BCUT2D eigenvalue weighted by Gasteiger charge is -2.03. The van der Waals surface area contributed by atoms with Crippen LogP contribution in [0.1, 0.15) is 12.8 Å². The number of benzene rings is 1. The molecule has 1 aromatic rings. The topological polar surface area (TPSA) is 43.1 Å². The minimum Gasteiger partial charge on any atom is -0.398 e. The zero-order valence-corrected chi connectivity index (χ0v) is 8.22. The fourth-order valence-corrected chi connectivity index (χ4v) is 2.78. The summed E-state index contributed by atoms with van der Waals surface area (Å²) < 4.78 is 11.7. The van der Waals surface area contributed by atoms with Gasteiger partial charge in [0.2, 0.25) is 0 Å². The van der Waals surface area contributed by atoms with Gasteiger partial charge in [-0.3, -0.25) is 4.21 Å². The van der Waals surface area contributed by atoms with Crippen molar-refractivity contribution in [3.8, 4) is 0 Å².